The molecule has 122 valence electrons. The standard InChI is InChI=1S/C19H23ClN2O/c1-3-22(4-2)18(16-10-6-5-7-11-16)19(23)21-14-15-9-8-12-17(20)13-15/h5-13,18H,3-4,14H2,1-2H3,(H,21,23). The first-order valence-electron chi connectivity index (χ1n) is 7.96. The zero-order valence-corrected chi connectivity index (χ0v) is 14.4. The van der Waals surface area contributed by atoms with Crippen LogP contribution >= 0.6 is 11.6 Å². The van der Waals surface area contributed by atoms with E-state index in [1.54, 1.807) is 0 Å². The second kappa shape index (κ2) is 8.70. The number of carbonyl (C=O) groups is 1. The van der Waals surface area contributed by atoms with Gasteiger partial charge in [0.25, 0.3) is 0 Å². The van der Waals surface area contributed by atoms with Crippen molar-refractivity contribution in [2.75, 3.05) is 13.1 Å². The summed E-state index contributed by atoms with van der Waals surface area (Å²) < 4.78 is 0. The summed E-state index contributed by atoms with van der Waals surface area (Å²) in [6.45, 7) is 6.26. The minimum atomic E-state index is -0.273. The lowest BCUT2D eigenvalue weighted by molar-refractivity contribution is -0.126. The molecule has 0 aliphatic rings. The summed E-state index contributed by atoms with van der Waals surface area (Å²) in [7, 11) is 0. The van der Waals surface area contributed by atoms with Crippen LogP contribution < -0.4 is 5.32 Å². The molecule has 2 aromatic rings. The highest BCUT2D eigenvalue weighted by Crippen LogP contribution is 2.21. The van der Waals surface area contributed by atoms with E-state index in [4.69, 9.17) is 11.6 Å². The first-order valence-corrected chi connectivity index (χ1v) is 8.34. The fourth-order valence-corrected chi connectivity index (χ4v) is 2.90. The van der Waals surface area contributed by atoms with Gasteiger partial charge in [0.05, 0.1) is 0 Å². The van der Waals surface area contributed by atoms with Crippen LogP contribution in [0.1, 0.15) is 31.0 Å². The summed E-state index contributed by atoms with van der Waals surface area (Å²) in [4.78, 5) is 14.9. The highest BCUT2D eigenvalue weighted by molar-refractivity contribution is 6.30. The summed E-state index contributed by atoms with van der Waals surface area (Å²) in [6.07, 6.45) is 0. The summed E-state index contributed by atoms with van der Waals surface area (Å²) in [5.74, 6) is 0.0138. The van der Waals surface area contributed by atoms with Crippen molar-refractivity contribution in [2.24, 2.45) is 0 Å². The van der Waals surface area contributed by atoms with Crippen molar-refractivity contribution < 1.29 is 4.79 Å². The number of benzene rings is 2. The highest BCUT2D eigenvalue weighted by atomic mass is 35.5. The Morgan fingerprint density at radius 2 is 1.78 bits per heavy atom. The zero-order valence-electron chi connectivity index (χ0n) is 13.6. The fraction of sp³-hybridized carbons (Fsp3) is 0.316. The van der Waals surface area contributed by atoms with E-state index in [-0.39, 0.29) is 11.9 Å². The molecule has 0 aromatic heterocycles. The molecule has 2 aromatic carbocycles. The van der Waals surface area contributed by atoms with Crippen LogP contribution in [0.5, 0.6) is 0 Å². The van der Waals surface area contributed by atoms with Crippen molar-refractivity contribution >= 4 is 17.5 Å². The zero-order chi connectivity index (χ0) is 16.7. The van der Waals surface area contributed by atoms with Crippen molar-refractivity contribution in [1.29, 1.82) is 0 Å². The highest BCUT2D eigenvalue weighted by Gasteiger charge is 2.25. The average molecular weight is 331 g/mol. The Morgan fingerprint density at radius 1 is 1.09 bits per heavy atom. The Balaban J connectivity index is 2.13. The van der Waals surface area contributed by atoms with E-state index in [2.05, 4.69) is 24.1 Å². The maximum Gasteiger partial charge on any atom is 0.242 e. The quantitative estimate of drug-likeness (QED) is 0.831. The number of carbonyl (C=O) groups excluding carboxylic acids is 1. The molecule has 0 radical (unpaired) electrons. The number of rotatable bonds is 7. The summed E-state index contributed by atoms with van der Waals surface area (Å²) in [5.41, 5.74) is 2.01. The molecular weight excluding hydrogens is 308 g/mol. The van der Waals surface area contributed by atoms with Gasteiger partial charge in [-0.05, 0) is 36.3 Å². The molecule has 2 rings (SSSR count). The molecule has 4 heteroatoms. The maximum atomic E-state index is 12.8. The third-order valence-corrected chi connectivity index (χ3v) is 4.13. The Bertz CT molecular complexity index is 626. The summed E-state index contributed by atoms with van der Waals surface area (Å²) in [5, 5.41) is 3.72. The van der Waals surface area contributed by atoms with Crippen molar-refractivity contribution in [1.82, 2.24) is 10.2 Å². The van der Waals surface area contributed by atoms with E-state index in [0.717, 1.165) is 24.2 Å². The van der Waals surface area contributed by atoms with E-state index >= 15 is 0 Å². The summed E-state index contributed by atoms with van der Waals surface area (Å²) in [6, 6.07) is 17.2. The van der Waals surface area contributed by atoms with Crippen molar-refractivity contribution in [2.45, 2.75) is 26.4 Å². The molecule has 23 heavy (non-hydrogen) atoms. The number of hydrogen-bond acceptors (Lipinski definition) is 2. The first kappa shape index (κ1) is 17.5. The van der Waals surface area contributed by atoms with Gasteiger partial charge in [0.1, 0.15) is 6.04 Å². The lowest BCUT2D eigenvalue weighted by Gasteiger charge is -2.29. The SMILES string of the molecule is CCN(CC)C(C(=O)NCc1cccc(Cl)c1)c1ccccc1. The first-order chi connectivity index (χ1) is 11.2. The molecule has 0 spiro atoms. The second-order valence-electron chi connectivity index (χ2n) is 5.38. The lowest BCUT2D eigenvalue weighted by atomic mass is 10.0. The summed E-state index contributed by atoms with van der Waals surface area (Å²) >= 11 is 5.99. The Kier molecular flexibility index (Phi) is 6.63. The van der Waals surface area contributed by atoms with E-state index in [1.807, 2.05) is 54.6 Å². The number of nitrogens with one attached hydrogen (secondary N) is 1. The normalized spacial score (nSPS) is 12.2. The third-order valence-electron chi connectivity index (χ3n) is 3.90. The van der Waals surface area contributed by atoms with Crippen LogP contribution in [0, 0.1) is 0 Å². The monoisotopic (exact) mass is 330 g/mol. The number of amides is 1. The van der Waals surface area contributed by atoms with E-state index in [1.165, 1.54) is 0 Å². The second-order valence-corrected chi connectivity index (χ2v) is 5.82. The Labute approximate surface area is 143 Å². The maximum absolute atomic E-state index is 12.8. The van der Waals surface area contributed by atoms with Gasteiger partial charge in [-0.1, -0.05) is 67.9 Å². The molecule has 1 atom stereocenters. The number of halogens is 1. The van der Waals surface area contributed by atoms with Crippen LogP contribution in [0.25, 0.3) is 0 Å². The van der Waals surface area contributed by atoms with Gasteiger partial charge in [-0.25, -0.2) is 0 Å². The molecule has 1 amide bonds. The molecule has 0 saturated heterocycles. The number of likely N-dealkylation sites (N-methyl/N-ethyl adjacent to an activating group) is 1. The molecule has 0 heterocycles. The number of hydrogen-bond donors (Lipinski definition) is 1. The van der Waals surface area contributed by atoms with E-state index < -0.39 is 0 Å². The van der Waals surface area contributed by atoms with Gasteiger partial charge >= 0.3 is 0 Å². The third kappa shape index (κ3) is 4.81. The van der Waals surface area contributed by atoms with E-state index in [9.17, 15) is 4.79 Å². The minimum absolute atomic E-state index is 0.0138. The van der Waals surface area contributed by atoms with Crippen LogP contribution in [-0.2, 0) is 11.3 Å². The van der Waals surface area contributed by atoms with Gasteiger partial charge in [0.15, 0.2) is 0 Å². The van der Waals surface area contributed by atoms with Gasteiger partial charge in [-0.15, -0.1) is 0 Å². The number of nitrogens with zero attached hydrogens (tertiary/aromatic N) is 1. The molecule has 0 fully saturated rings. The molecule has 0 aliphatic carbocycles. The molecule has 0 saturated carbocycles. The van der Waals surface area contributed by atoms with Crippen LogP contribution in [0.3, 0.4) is 0 Å². The molecule has 3 nitrogen and oxygen atoms in total. The smallest absolute Gasteiger partial charge is 0.242 e. The van der Waals surface area contributed by atoms with Gasteiger partial charge in [-0.2, -0.15) is 0 Å². The van der Waals surface area contributed by atoms with Crippen molar-refractivity contribution in [3.63, 3.8) is 0 Å². The Morgan fingerprint density at radius 3 is 2.39 bits per heavy atom. The molecule has 1 N–H and O–H groups in total. The van der Waals surface area contributed by atoms with Crippen LogP contribution in [-0.4, -0.2) is 23.9 Å². The average Bonchev–Trinajstić information content (AvgIpc) is 2.58. The predicted octanol–water partition coefficient (Wildman–Crippen LogP) is 4.04. The van der Waals surface area contributed by atoms with Gasteiger partial charge in [0, 0.05) is 11.6 Å². The van der Waals surface area contributed by atoms with Crippen LogP contribution in [0.4, 0.5) is 0 Å². The largest absolute Gasteiger partial charge is 0.350 e. The fourth-order valence-electron chi connectivity index (χ4n) is 2.68. The molecule has 0 aliphatic heterocycles. The van der Waals surface area contributed by atoms with Crippen LogP contribution in [0.2, 0.25) is 5.02 Å². The van der Waals surface area contributed by atoms with Crippen LogP contribution in [0.15, 0.2) is 54.6 Å². The lowest BCUT2D eigenvalue weighted by Crippen LogP contribution is -2.40. The van der Waals surface area contributed by atoms with Gasteiger partial charge in [-0.3, -0.25) is 9.69 Å². The predicted molar refractivity (Wildman–Crippen MR) is 95.4 cm³/mol. The van der Waals surface area contributed by atoms with Crippen molar-refractivity contribution in [3.8, 4) is 0 Å². The Hall–Kier alpha value is -1.84. The van der Waals surface area contributed by atoms with Gasteiger partial charge in [0.2, 0.25) is 5.91 Å². The topological polar surface area (TPSA) is 32.3 Å². The molecular formula is C19H23ClN2O. The van der Waals surface area contributed by atoms with E-state index in [0.29, 0.717) is 11.6 Å². The van der Waals surface area contributed by atoms with Gasteiger partial charge < -0.3 is 5.32 Å². The van der Waals surface area contributed by atoms with Crippen molar-refractivity contribution in [3.05, 3.63) is 70.7 Å². The minimum Gasteiger partial charge on any atom is -0.350 e. The molecule has 0 bridgehead atoms. The molecule has 1 unspecified atom stereocenters.